The third-order valence-corrected chi connectivity index (χ3v) is 5.19. The van der Waals surface area contributed by atoms with E-state index in [1.807, 2.05) is 12.1 Å². The second kappa shape index (κ2) is 6.71. The number of halogens is 2. The van der Waals surface area contributed by atoms with Gasteiger partial charge in [-0.1, -0.05) is 24.3 Å². The third-order valence-electron chi connectivity index (χ3n) is 4.22. The summed E-state index contributed by atoms with van der Waals surface area (Å²) in [6, 6.07) is 12.0. The van der Waals surface area contributed by atoms with Gasteiger partial charge < -0.3 is 4.90 Å². The van der Waals surface area contributed by atoms with Crippen molar-refractivity contribution in [3.8, 4) is 0 Å². The smallest absolute Gasteiger partial charge is 0.233 e. The maximum Gasteiger partial charge on any atom is 0.233 e. The maximum atomic E-state index is 13.2. The summed E-state index contributed by atoms with van der Waals surface area (Å²) in [6.07, 6.45) is 1.91. The van der Waals surface area contributed by atoms with Crippen LogP contribution in [-0.2, 0) is 11.2 Å². The minimum atomic E-state index is -0.888. The van der Waals surface area contributed by atoms with Crippen molar-refractivity contribution in [3.63, 3.8) is 0 Å². The molecule has 0 unspecified atom stereocenters. The van der Waals surface area contributed by atoms with Gasteiger partial charge in [-0.25, -0.2) is 8.78 Å². The minimum Gasteiger partial charge on any atom is -0.338 e. The Morgan fingerprint density at radius 3 is 2.78 bits per heavy atom. The van der Waals surface area contributed by atoms with Crippen molar-refractivity contribution >= 4 is 17.7 Å². The molecule has 1 amide bonds. The number of rotatable bonds is 4. The Bertz CT molecular complexity index is 735. The van der Waals surface area contributed by atoms with Crippen molar-refractivity contribution in [1.82, 2.24) is 4.90 Å². The fourth-order valence-corrected chi connectivity index (χ4v) is 3.77. The van der Waals surface area contributed by atoms with Crippen LogP contribution in [0.4, 0.5) is 8.78 Å². The van der Waals surface area contributed by atoms with Gasteiger partial charge in [0, 0.05) is 11.9 Å². The van der Waals surface area contributed by atoms with E-state index in [0.717, 1.165) is 25.0 Å². The van der Waals surface area contributed by atoms with E-state index >= 15 is 0 Å². The highest BCUT2D eigenvalue weighted by Gasteiger charge is 2.28. The lowest BCUT2D eigenvalue weighted by Crippen LogP contribution is -2.31. The van der Waals surface area contributed by atoms with Gasteiger partial charge >= 0.3 is 0 Å². The van der Waals surface area contributed by atoms with E-state index in [-0.39, 0.29) is 17.7 Å². The second-order valence-electron chi connectivity index (χ2n) is 5.62. The summed E-state index contributed by atoms with van der Waals surface area (Å²) >= 11 is 1.22. The number of benzene rings is 2. The first kappa shape index (κ1) is 16.0. The molecule has 2 aromatic carbocycles. The lowest BCUT2D eigenvalue weighted by atomic mass is 10.1. The summed E-state index contributed by atoms with van der Waals surface area (Å²) in [5.41, 5.74) is 2.51. The molecule has 120 valence electrons. The number of aryl methyl sites for hydroxylation is 1. The van der Waals surface area contributed by atoms with Gasteiger partial charge in [0.25, 0.3) is 0 Å². The Balaban J connectivity index is 1.63. The number of hydrogen-bond donors (Lipinski definition) is 0. The SMILES string of the molecule is CN(C(=O)CSc1ccc(F)c(F)c1)[C@@H]1CCc2ccccc21. The molecule has 0 saturated carbocycles. The van der Waals surface area contributed by atoms with E-state index < -0.39 is 11.6 Å². The number of hydrogen-bond acceptors (Lipinski definition) is 2. The van der Waals surface area contributed by atoms with E-state index in [4.69, 9.17) is 0 Å². The van der Waals surface area contributed by atoms with Crippen LogP contribution in [0.2, 0.25) is 0 Å². The molecule has 0 aromatic heterocycles. The lowest BCUT2D eigenvalue weighted by molar-refractivity contribution is -0.129. The quantitative estimate of drug-likeness (QED) is 0.782. The van der Waals surface area contributed by atoms with Gasteiger partial charge in [0.05, 0.1) is 11.8 Å². The average Bonchev–Trinajstić information content (AvgIpc) is 2.99. The first-order chi connectivity index (χ1) is 11.1. The van der Waals surface area contributed by atoms with Crippen LogP contribution in [0, 0.1) is 11.6 Å². The fourth-order valence-electron chi connectivity index (χ4n) is 2.92. The van der Waals surface area contributed by atoms with Gasteiger partial charge in [0.1, 0.15) is 0 Å². The van der Waals surface area contributed by atoms with Crippen LogP contribution >= 0.6 is 11.8 Å². The molecule has 0 heterocycles. The van der Waals surface area contributed by atoms with Crippen molar-refractivity contribution in [1.29, 1.82) is 0 Å². The zero-order valence-corrected chi connectivity index (χ0v) is 13.6. The molecule has 2 nitrogen and oxygen atoms in total. The molecule has 0 aliphatic heterocycles. The number of thioether (sulfide) groups is 1. The molecule has 0 bridgehead atoms. The van der Waals surface area contributed by atoms with Crippen LogP contribution in [0.3, 0.4) is 0 Å². The first-order valence-corrected chi connectivity index (χ1v) is 8.46. The predicted octanol–water partition coefficient (Wildman–Crippen LogP) is 4.20. The molecule has 1 atom stereocenters. The van der Waals surface area contributed by atoms with E-state index in [1.54, 1.807) is 11.9 Å². The number of amides is 1. The van der Waals surface area contributed by atoms with E-state index in [9.17, 15) is 13.6 Å². The van der Waals surface area contributed by atoms with Gasteiger partial charge in [-0.2, -0.15) is 0 Å². The molecular formula is C18H17F2NOS. The number of carbonyl (C=O) groups is 1. The maximum absolute atomic E-state index is 13.2. The van der Waals surface area contributed by atoms with Crippen LogP contribution in [-0.4, -0.2) is 23.6 Å². The van der Waals surface area contributed by atoms with Gasteiger partial charge in [-0.15, -0.1) is 11.8 Å². The van der Waals surface area contributed by atoms with Crippen LogP contribution < -0.4 is 0 Å². The third kappa shape index (κ3) is 3.39. The van der Waals surface area contributed by atoms with Crippen LogP contribution in [0.15, 0.2) is 47.4 Å². The van der Waals surface area contributed by atoms with Gasteiger partial charge in [-0.3, -0.25) is 4.79 Å². The first-order valence-electron chi connectivity index (χ1n) is 7.47. The molecule has 3 rings (SSSR count). The van der Waals surface area contributed by atoms with Gasteiger partial charge in [0.15, 0.2) is 11.6 Å². The summed E-state index contributed by atoms with van der Waals surface area (Å²) in [5, 5.41) is 0. The Hall–Kier alpha value is -1.88. The van der Waals surface area contributed by atoms with E-state index in [2.05, 4.69) is 12.1 Å². The largest absolute Gasteiger partial charge is 0.338 e. The van der Waals surface area contributed by atoms with Crippen molar-refractivity contribution < 1.29 is 13.6 Å². The molecule has 23 heavy (non-hydrogen) atoms. The fraction of sp³-hybridized carbons (Fsp3) is 0.278. The summed E-state index contributed by atoms with van der Waals surface area (Å²) in [6.45, 7) is 0. The zero-order chi connectivity index (χ0) is 16.4. The Morgan fingerprint density at radius 2 is 2.00 bits per heavy atom. The van der Waals surface area contributed by atoms with E-state index in [1.165, 1.54) is 29.0 Å². The topological polar surface area (TPSA) is 20.3 Å². The average molecular weight is 333 g/mol. The molecule has 2 aromatic rings. The van der Waals surface area contributed by atoms with Crippen molar-refractivity contribution in [2.24, 2.45) is 0 Å². The molecular weight excluding hydrogens is 316 g/mol. The van der Waals surface area contributed by atoms with Gasteiger partial charge in [0.2, 0.25) is 5.91 Å². The minimum absolute atomic E-state index is 0.0126. The van der Waals surface area contributed by atoms with Crippen LogP contribution in [0.5, 0.6) is 0 Å². The summed E-state index contributed by atoms with van der Waals surface area (Å²) < 4.78 is 26.1. The van der Waals surface area contributed by atoms with E-state index in [0.29, 0.717) is 4.90 Å². The van der Waals surface area contributed by atoms with Crippen molar-refractivity contribution in [2.75, 3.05) is 12.8 Å². The molecule has 1 aliphatic carbocycles. The van der Waals surface area contributed by atoms with Crippen molar-refractivity contribution in [3.05, 3.63) is 65.2 Å². The van der Waals surface area contributed by atoms with Crippen LogP contribution in [0.25, 0.3) is 0 Å². The highest BCUT2D eigenvalue weighted by Crippen LogP contribution is 2.35. The molecule has 0 saturated heterocycles. The highest BCUT2D eigenvalue weighted by molar-refractivity contribution is 8.00. The monoisotopic (exact) mass is 333 g/mol. The summed E-state index contributed by atoms with van der Waals surface area (Å²) in [5.74, 6) is -1.57. The molecule has 1 aliphatic rings. The number of nitrogens with zero attached hydrogens (tertiary/aromatic N) is 1. The van der Waals surface area contributed by atoms with Crippen molar-refractivity contribution in [2.45, 2.75) is 23.8 Å². The second-order valence-corrected chi connectivity index (χ2v) is 6.67. The molecule has 0 spiro atoms. The Labute approximate surface area is 138 Å². The number of carbonyl (C=O) groups excluding carboxylic acids is 1. The summed E-state index contributed by atoms with van der Waals surface area (Å²) in [4.78, 5) is 14.7. The molecule has 0 N–H and O–H groups in total. The molecule has 0 radical (unpaired) electrons. The Kier molecular flexibility index (Phi) is 4.66. The standard InChI is InChI=1S/C18H17F2NOS/c1-21(17-9-6-12-4-2-3-5-14(12)17)18(22)11-23-13-7-8-15(19)16(20)10-13/h2-5,7-8,10,17H,6,9,11H2,1H3/t17-/m1/s1. The highest BCUT2D eigenvalue weighted by atomic mass is 32.2. The summed E-state index contributed by atoms with van der Waals surface area (Å²) in [7, 11) is 1.81. The lowest BCUT2D eigenvalue weighted by Gasteiger charge is -2.25. The number of fused-ring (bicyclic) bond motifs is 1. The normalized spacial score (nSPS) is 16.2. The van der Waals surface area contributed by atoms with Gasteiger partial charge in [-0.05, 0) is 42.2 Å². The zero-order valence-electron chi connectivity index (χ0n) is 12.8. The Morgan fingerprint density at radius 1 is 1.22 bits per heavy atom. The molecule has 5 heteroatoms. The molecule has 0 fully saturated rings. The predicted molar refractivity (Wildman–Crippen MR) is 87.4 cm³/mol. The van der Waals surface area contributed by atoms with Crippen LogP contribution in [0.1, 0.15) is 23.6 Å².